The third-order valence-electron chi connectivity index (χ3n) is 3.48. The largest absolute Gasteiger partial charge is 0.444 e. The van der Waals surface area contributed by atoms with Crippen molar-refractivity contribution in [2.45, 2.75) is 51.7 Å². The third kappa shape index (κ3) is 4.92. The highest BCUT2D eigenvalue weighted by molar-refractivity contribution is 5.69. The number of carbonyl (C=O) groups excluding carboxylic acids is 1. The second kappa shape index (κ2) is 6.79. The summed E-state index contributed by atoms with van der Waals surface area (Å²) in [7, 11) is 0. The highest BCUT2D eigenvalue weighted by Gasteiger charge is 2.30. The van der Waals surface area contributed by atoms with E-state index in [4.69, 9.17) is 4.74 Å². The van der Waals surface area contributed by atoms with Crippen LogP contribution in [0.3, 0.4) is 0 Å². The van der Waals surface area contributed by atoms with Crippen molar-refractivity contribution >= 4 is 6.09 Å². The quantitative estimate of drug-likeness (QED) is 0.780. The van der Waals surface area contributed by atoms with Gasteiger partial charge in [0.2, 0.25) is 0 Å². The second-order valence-electron chi connectivity index (χ2n) is 6.50. The van der Waals surface area contributed by atoms with E-state index in [1.807, 2.05) is 43.9 Å². The monoisotopic (exact) mass is 287 g/mol. The number of nitrogens with zero attached hydrogens (tertiary/aromatic N) is 1. The van der Waals surface area contributed by atoms with Crippen molar-refractivity contribution in [3.63, 3.8) is 0 Å². The number of amides is 1. The molecule has 0 spiro atoms. The Kier molecular flexibility index (Phi) is 5.05. The molecule has 0 saturated carbocycles. The van der Waals surface area contributed by atoms with E-state index in [9.17, 15) is 4.79 Å². The molecular formula is C18H25NO2. The molecule has 1 aliphatic rings. The summed E-state index contributed by atoms with van der Waals surface area (Å²) in [4.78, 5) is 14.0. The maximum Gasteiger partial charge on any atom is 0.410 e. The number of carbonyl (C=O) groups is 1. The van der Waals surface area contributed by atoms with Gasteiger partial charge in [0.25, 0.3) is 0 Å². The van der Waals surface area contributed by atoms with E-state index >= 15 is 0 Å². The van der Waals surface area contributed by atoms with Crippen molar-refractivity contribution in [3.05, 3.63) is 48.0 Å². The fourth-order valence-electron chi connectivity index (χ4n) is 2.52. The molecule has 1 fully saturated rings. The summed E-state index contributed by atoms with van der Waals surface area (Å²) < 4.78 is 5.47. The lowest BCUT2D eigenvalue weighted by atomic mass is 10.1. The molecule has 1 saturated heterocycles. The molecule has 0 unspecified atom stereocenters. The topological polar surface area (TPSA) is 29.5 Å². The van der Waals surface area contributed by atoms with E-state index in [1.165, 1.54) is 5.56 Å². The van der Waals surface area contributed by atoms with Crippen LogP contribution in [0, 0.1) is 0 Å². The van der Waals surface area contributed by atoms with Gasteiger partial charge in [-0.1, -0.05) is 42.5 Å². The van der Waals surface area contributed by atoms with Gasteiger partial charge >= 0.3 is 6.09 Å². The first-order valence-electron chi connectivity index (χ1n) is 7.66. The number of hydrogen-bond acceptors (Lipinski definition) is 2. The molecule has 0 aromatic heterocycles. The summed E-state index contributed by atoms with van der Waals surface area (Å²) in [6.45, 7) is 6.50. The lowest BCUT2D eigenvalue weighted by Crippen LogP contribution is -2.39. The Morgan fingerprint density at radius 3 is 2.71 bits per heavy atom. The van der Waals surface area contributed by atoms with Gasteiger partial charge in [0.1, 0.15) is 5.60 Å². The molecule has 1 aromatic rings. The van der Waals surface area contributed by atoms with Crippen molar-refractivity contribution in [2.24, 2.45) is 0 Å². The average Bonchev–Trinajstić information content (AvgIpc) is 2.86. The number of likely N-dealkylation sites (tertiary alicyclic amines) is 1. The normalized spacial score (nSPS) is 19.2. The number of rotatable bonds is 3. The molecule has 3 nitrogen and oxygen atoms in total. The summed E-state index contributed by atoms with van der Waals surface area (Å²) in [6.07, 6.45) is 7.06. The highest BCUT2D eigenvalue weighted by atomic mass is 16.6. The van der Waals surface area contributed by atoms with Crippen LogP contribution in [-0.4, -0.2) is 29.2 Å². The SMILES string of the molecule is CC(C)(C)OC(=O)N1CCC[C@@H]1/C=C/Cc1ccccc1. The molecule has 1 heterocycles. The Balaban J connectivity index is 1.91. The molecule has 0 N–H and O–H groups in total. The molecular weight excluding hydrogens is 262 g/mol. The lowest BCUT2D eigenvalue weighted by Gasteiger charge is -2.27. The number of benzene rings is 1. The summed E-state index contributed by atoms with van der Waals surface area (Å²) in [5, 5.41) is 0. The smallest absolute Gasteiger partial charge is 0.410 e. The zero-order chi connectivity index (χ0) is 15.3. The Morgan fingerprint density at radius 2 is 2.05 bits per heavy atom. The molecule has 2 rings (SSSR count). The number of ether oxygens (including phenoxy) is 1. The minimum absolute atomic E-state index is 0.170. The lowest BCUT2D eigenvalue weighted by molar-refractivity contribution is 0.0256. The zero-order valence-electron chi connectivity index (χ0n) is 13.2. The van der Waals surface area contributed by atoms with Crippen LogP contribution in [0.15, 0.2) is 42.5 Å². The Hall–Kier alpha value is -1.77. The maximum atomic E-state index is 12.2. The molecule has 21 heavy (non-hydrogen) atoms. The minimum Gasteiger partial charge on any atom is -0.444 e. The van der Waals surface area contributed by atoms with Crippen molar-refractivity contribution in [1.29, 1.82) is 0 Å². The van der Waals surface area contributed by atoms with Gasteiger partial charge in [0.15, 0.2) is 0 Å². The van der Waals surface area contributed by atoms with E-state index in [2.05, 4.69) is 24.3 Å². The second-order valence-corrected chi connectivity index (χ2v) is 6.50. The fourth-order valence-corrected chi connectivity index (χ4v) is 2.52. The Morgan fingerprint density at radius 1 is 1.33 bits per heavy atom. The summed E-state index contributed by atoms with van der Waals surface area (Å²) in [5.41, 5.74) is 0.855. The van der Waals surface area contributed by atoms with Crippen LogP contribution in [0.4, 0.5) is 4.79 Å². The molecule has 114 valence electrons. The van der Waals surface area contributed by atoms with Crippen LogP contribution < -0.4 is 0 Å². The summed E-state index contributed by atoms with van der Waals surface area (Å²) in [6, 6.07) is 10.5. The van der Waals surface area contributed by atoms with Crippen LogP contribution in [0.25, 0.3) is 0 Å². The molecule has 0 aliphatic carbocycles. The van der Waals surface area contributed by atoms with E-state index in [0.29, 0.717) is 0 Å². The Labute approximate surface area is 127 Å². The molecule has 1 amide bonds. The minimum atomic E-state index is -0.433. The van der Waals surface area contributed by atoms with Crippen molar-refractivity contribution < 1.29 is 9.53 Å². The third-order valence-corrected chi connectivity index (χ3v) is 3.48. The highest BCUT2D eigenvalue weighted by Crippen LogP contribution is 2.21. The predicted octanol–water partition coefficient (Wildman–Crippen LogP) is 4.18. The molecule has 1 aliphatic heterocycles. The molecule has 0 bridgehead atoms. The average molecular weight is 287 g/mol. The van der Waals surface area contributed by atoms with Crippen molar-refractivity contribution in [1.82, 2.24) is 4.90 Å². The van der Waals surface area contributed by atoms with E-state index in [0.717, 1.165) is 25.8 Å². The Bertz CT molecular complexity index is 488. The van der Waals surface area contributed by atoms with Crippen LogP contribution in [0.2, 0.25) is 0 Å². The van der Waals surface area contributed by atoms with Gasteiger partial charge in [-0.3, -0.25) is 0 Å². The van der Waals surface area contributed by atoms with E-state index < -0.39 is 5.60 Å². The maximum absolute atomic E-state index is 12.2. The predicted molar refractivity (Wildman–Crippen MR) is 85.2 cm³/mol. The van der Waals surface area contributed by atoms with Gasteiger partial charge in [0, 0.05) is 6.54 Å². The van der Waals surface area contributed by atoms with Gasteiger partial charge in [-0.05, 0) is 45.6 Å². The molecule has 0 radical (unpaired) electrons. The first kappa shape index (κ1) is 15.6. The summed E-state index contributed by atoms with van der Waals surface area (Å²) >= 11 is 0. The molecule has 1 atom stereocenters. The summed E-state index contributed by atoms with van der Waals surface area (Å²) in [5.74, 6) is 0. The van der Waals surface area contributed by atoms with Gasteiger partial charge in [-0.15, -0.1) is 0 Å². The van der Waals surface area contributed by atoms with Crippen LogP contribution in [0.1, 0.15) is 39.2 Å². The first-order valence-corrected chi connectivity index (χ1v) is 7.66. The van der Waals surface area contributed by atoms with E-state index in [-0.39, 0.29) is 12.1 Å². The van der Waals surface area contributed by atoms with Gasteiger partial charge < -0.3 is 9.64 Å². The zero-order valence-corrected chi connectivity index (χ0v) is 13.2. The van der Waals surface area contributed by atoms with Crippen LogP contribution >= 0.6 is 0 Å². The fraction of sp³-hybridized carbons (Fsp3) is 0.500. The van der Waals surface area contributed by atoms with Gasteiger partial charge in [-0.25, -0.2) is 4.79 Å². The molecule has 3 heteroatoms. The van der Waals surface area contributed by atoms with Gasteiger partial charge in [-0.2, -0.15) is 0 Å². The number of allylic oxidation sites excluding steroid dienone is 1. The van der Waals surface area contributed by atoms with Crippen molar-refractivity contribution in [3.8, 4) is 0 Å². The van der Waals surface area contributed by atoms with E-state index in [1.54, 1.807) is 0 Å². The standard InChI is InChI=1S/C18H25NO2/c1-18(2,3)21-17(20)19-14-8-13-16(19)12-7-11-15-9-5-4-6-10-15/h4-7,9-10,12,16H,8,11,13-14H2,1-3H3/b12-7+/t16-/m0/s1. The first-order chi connectivity index (χ1) is 9.96. The van der Waals surface area contributed by atoms with Crippen molar-refractivity contribution in [2.75, 3.05) is 6.54 Å². The van der Waals surface area contributed by atoms with Crippen LogP contribution in [-0.2, 0) is 11.2 Å². The molecule has 1 aromatic carbocycles. The number of hydrogen-bond donors (Lipinski definition) is 0. The van der Waals surface area contributed by atoms with Gasteiger partial charge in [0.05, 0.1) is 6.04 Å². The van der Waals surface area contributed by atoms with Crippen LogP contribution in [0.5, 0.6) is 0 Å².